The van der Waals surface area contributed by atoms with Gasteiger partial charge in [-0.1, -0.05) is 35.5 Å². The van der Waals surface area contributed by atoms with E-state index in [4.69, 9.17) is 22.6 Å². The molecule has 0 saturated carbocycles. The molecule has 8 heteroatoms. The van der Waals surface area contributed by atoms with Gasteiger partial charge in [-0.15, -0.1) is 0 Å². The number of nitrogens with zero attached hydrogens (tertiary/aromatic N) is 2. The van der Waals surface area contributed by atoms with Crippen molar-refractivity contribution in [2.45, 2.75) is 17.2 Å². The van der Waals surface area contributed by atoms with Crippen LogP contribution in [0.2, 0.25) is 5.02 Å². The van der Waals surface area contributed by atoms with E-state index in [9.17, 15) is 10.1 Å². The highest BCUT2D eigenvalue weighted by molar-refractivity contribution is 8.00. The van der Waals surface area contributed by atoms with Crippen molar-refractivity contribution in [3.63, 3.8) is 0 Å². The van der Waals surface area contributed by atoms with Gasteiger partial charge >= 0.3 is 0 Å². The van der Waals surface area contributed by atoms with Crippen molar-refractivity contribution < 1.29 is 9.78 Å². The van der Waals surface area contributed by atoms with Crippen molar-refractivity contribution >= 4 is 40.8 Å². The number of hydrogen-bond acceptors (Lipinski definition) is 5. The number of nitrogen functional groups attached to an aromatic ring is 1. The number of thioether (sulfide) groups is 1. The number of amides is 1. The number of nitriles is 2. The van der Waals surface area contributed by atoms with E-state index in [0.717, 1.165) is 11.8 Å². The summed E-state index contributed by atoms with van der Waals surface area (Å²) < 4.78 is 0. The Bertz CT molecular complexity index is 872. The van der Waals surface area contributed by atoms with E-state index in [0.29, 0.717) is 15.7 Å². The number of aromatic amines is 1. The average Bonchev–Trinajstić information content (AvgIpc) is 2.57. The standard InChI is InChI=1S/C16H12ClN5OS/c1-9(15(23)21-13-5-3-2-4-12(13)17)24-16-11(8-19)6-10(7-18)14(20)22-16/h2-6,9H,1H3,(H2,20,22)(H,21,23)/p+1/t9-/m0/s1. The second-order valence-corrected chi connectivity index (χ2v) is 6.55. The van der Waals surface area contributed by atoms with Crippen LogP contribution in [0, 0.1) is 22.7 Å². The van der Waals surface area contributed by atoms with Crippen LogP contribution in [0.3, 0.4) is 0 Å². The number of carbonyl (C=O) groups excluding carboxylic acids is 1. The topological polar surface area (TPSA) is 117 Å². The van der Waals surface area contributed by atoms with Crippen LogP contribution in [0.4, 0.5) is 11.5 Å². The lowest BCUT2D eigenvalue weighted by atomic mass is 10.2. The Morgan fingerprint density at radius 2 is 2.00 bits per heavy atom. The third-order valence-electron chi connectivity index (χ3n) is 3.11. The fraction of sp³-hybridized carbons (Fsp3) is 0.125. The lowest BCUT2D eigenvalue weighted by Crippen LogP contribution is -2.25. The summed E-state index contributed by atoms with van der Waals surface area (Å²) >= 11 is 7.16. The fourth-order valence-corrected chi connectivity index (χ4v) is 2.94. The molecule has 0 fully saturated rings. The van der Waals surface area contributed by atoms with Crippen molar-refractivity contribution in [2.75, 3.05) is 11.1 Å². The van der Waals surface area contributed by atoms with E-state index in [1.165, 1.54) is 6.07 Å². The third-order valence-corrected chi connectivity index (χ3v) is 4.56. The maximum atomic E-state index is 12.3. The van der Waals surface area contributed by atoms with Crippen molar-refractivity contribution in [1.29, 1.82) is 10.5 Å². The molecule has 0 aliphatic heterocycles. The summed E-state index contributed by atoms with van der Waals surface area (Å²) in [5.41, 5.74) is 6.68. The molecule has 1 aromatic carbocycles. The van der Waals surface area contributed by atoms with Gasteiger partial charge in [0, 0.05) is 0 Å². The highest BCUT2D eigenvalue weighted by Gasteiger charge is 2.21. The van der Waals surface area contributed by atoms with E-state index in [1.54, 1.807) is 31.2 Å². The second kappa shape index (κ2) is 7.69. The smallest absolute Gasteiger partial charge is 0.289 e. The number of nitrogens with one attached hydrogen (secondary N) is 2. The maximum absolute atomic E-state index is 12.3. The number of benzene rings is 1. The summed E-state index contributed by atoms with van der Waals surface area (Å²) in [5, 5.41) is 21.2. The first-order chi connectivity index (χ1) is 11.5. The van der Waals surface area contributed by atoms with Crippen LogP contribution in [0.25, 0.3) is 0 Å². The van der Waals surface area contributed by atoms with E-state index < -0.39 is 5.25 Å². The molecular formula is C16H13ClN5OS+. The molecule has 0 spiro atoms. The molecule has 0 saturated heterocycles. The predicted octanol–water partition coefficient (Wildman–Crippen LogP) is 2.60. The summed E-state index contributed by atoms with van der Waals surface area (Å²) in [6.45, 7) is 1.69. The van der Waals surface area contributed by atoms with Crippen molar-refractivity contribution in [2.24, 2.45) is 0 Å². The monoisotopic (exact) mass is 358 g/mol. The summed E-state index contributed by atoms with van der Waals surface area (Å²) in [6, 6.07) is 12.2. The van der Waals surface area contributed by atoms with Crippen LogP contribution < -0.4 is 16.0 Å². The highest BCUT2D eigenvalue weighted by Crippen LogP contribution is 2.26. The van der Waals surface area contributed by atoms with Gasteiger partial charge in [0.1, 0.15) is 23.3 Å². The molecule has 1 aromatic heterocycles. The molecule has 6 nitrogen and oxygen atoms in total. The van der Waals surface area contributed by atoms with Crippen LogP contribution in [0.15, 0.2) is 35.4 Å². The van der Waals surface area contributed by atoms with E-state index in [2.05, 4.69) is 10.3 Å². The van der Waals surface area contributed by atoms with Gasteiger partial charge in [-0.25, -0.2) is 4.98 Å². The molecule has 4 N–H and O–H groups in total. The molecule has 24 heavy (non-hydrogen) atoms. The maximum Gasteiger partial charge on any atom is 0.289 e. The Balaban J connectivity index is 2.18. The Kier molecular flexibility index (Phi) is 5.64. The number of carbonyl (C=O) groups is 1. The molecule has 0 bridgehead atoms. The van der Waals surface area contributed by atoms with Gasteiger partial charge in [0.15, 0.2) is 5.03 Å². The summed E-state index contributed by atoms with van der Waals surface area (Å²) in [7, 11) is 0. The van der Waals surface area contributed by atoms with Crippen molar-refractivity contribution in [1.82, 2.24) is 0 Å². The zero-order valence-electron chi connectivity index (χ0n) is 12.6. The van der Waals surface area contributed by atoms with Crippen LogP contribution in [-0.4, -0.2) is 11.2 Å². The number of nitrogens with two attached hydrogens (primary N) is 1. The number of pyridine rings is 1. The largest absolute Gasteiger partial charge is 0.324 e. The van der Waals surface area contributed by atoms with Gasteiger partial charge in [0.25, 0.3) is 5.82 Å². The van der Waals surface area contributed by atoms with Crippen molar-refractivity contribution in [3.05, 3.63) is 46.5 Å². The molecule has 2 rings (SSSR count). The minimum absolute atomic E-state index is 0.151. The molecule has 2 aromatic rings. The van der Waals surface area contributed by atoms with Crippen molar-refractivity contribution in [3.8, 4) is 12.1 Å². The number of halogens is 1. The molecular weight excluding hydrogens is 346 g/mol. The third kappa shape index (κ3) is 3.96. The number of rotatable bonds is 4. The average molecular weight is 359 g/mol. The van der Waals surface area contributed by atoms with Gasteiger partial charge in [-0.3, -0.25) is 10.5 Å². The normalized spacial score (nSPS) is 11.2. The van der Waals surface area contributed by atoms with E-state index in [1.807, 2.05) is 12.1 Å². The number of aromatic nitrogens is 1. The minimum Gasteiger partial charge on any atom is -0.324 e. The number of H-pyrrole nitrogens is 1. The van der Waals surface area contributed by atoms with Crippen LogP contribution in [0.5, 0.6) is 0 Å². The summed E-state index contributed by atoms with van der Waals surface area (Å²) in [4.78, 5) is 15.1. The highest BCUT2D eigenvalue weighted by atomic mass is 35.5. The first-order valence-corrected chi connectivity index (χ1v) is 8.10. The quantitative estimate of drug-likeness (QED) is 0.814. The van der Waals surface area contributed by atoms with E-state index in [-0.39, 0.29) is 22.9 Å². The second-order valence-electron chi connectivity index (χ2n) is 4.79. The number of anilines is 2. The Morgan fingerprint density at radius 1 is 1.33 bits per heavy atom. The first kappa shape index (κ1) is 17.6. The Hall–Kier alpha value is -2.74. The summed E-state index contributed by atoms with van der Waals surface area (Å²) in [6.07, 6.45) is 0. The number of para-hydroxylation sites is 1. The summed E-state index contributed by atoms with van der Waals surface area (Å²) in [5.74, 6) is -0.119. The van der Waals surface area contributed by atoms with Gasteiger partial charge in [0.05, 0.1) is 16.0 Å². The van der Waals surface area contributed by atoms with Gasteiger partial charge < -0.3 is 5.32 Å². The Labute approximate surface area is 148 Å². The molecule has 120 valence electrons. The SMILES string of the molecule is C[C@H](Sc1[nH+]c(N)c(C#N)cc1C#N)C(=O)Nc1ccccc1Cl. The molecule has 0 aliphatic carbocycles. The molecule has 1 amide bonds. The lowest BCUT2D eigenvalue weighted by molar-refractivity contribution is -0.410. The molecule has 0 radical (unpaired) electrons. The van der Waals surface area contributed by atoms with Gasteiger partial charge in [-0.2, -0.15) is 10.5 Å². The zero-order chi connectivity index (χ0) is 17.7. The van der Waals surface area contributed by atoms with Crippen LogP contribution in [-0.2, 0) is 4.79 Å². The molecule has 0 aliphatic rings. The molecule has 1 heterocycles. The Morgan fingerprint density at radius 3 is 2.62 bits per heavy atom. The number of hydrogen-bond donors (Lipinski definition) is 2. The first-order valence-electron chi connectivity index (χ1n) is 6.84. The lowest BCUT2D eigenvalue weighted by Gasteiger charge is -2.12. The zero-order valence-corrected chi connectivity index (χ0v) is 14.2. The fourth-order valence-electron chi connectivity index (χ4n) is 1.84. The van der Waals surface area contributed by atoms with E-state index >= 15 is 0 Å². The van der Waals surface area contributed by atoms with Gasteiger partial charge in [-0.05, 0) is 25.1 Å². The molecule has 1 atom stereocenters. The minimum atomic E-state index is -0.517. The molecule has 0 unspecified atom stereocenters. The predicted molar refractivity (Wildman–Crippen MR) is 92.2 cm³/mol. The van der Waals surface area contributed by atoms with Gasteiger partial charge in [0.2, 0.25) is 5.91 Å². The van der Waals surface area contributed by atoms with Crippen LogP contribution in [0.1, 0.15) is 18.1 Å². The van der Waals surface area contributed by atoms with Crippen LogP contribution >= 0.6 is 23.4 Å².